The normalized spacial score (nSPS) is 10.1. The topological polar surface area (TPSA) is 74.0 Å². The van der Waals surface area contributed by atoms with Gasteiger partial charge in [0.2, 0.25) is 0 Å². The number of nitrogens with one attached hydrogen (secondary N) is 3. The van der Waals surface area contributed by atoms with Crippen LogP contribution in [-0.4, -0.2) is 17.3 Å². The lowest BCUT2D eigenvalue weighted by atomic mass is 10.2. The third-order valence-electron chi connectivity index (χ3n) is 2.43. The van der Waals surface area contributed by atoms with Crippen molar-refractivity contribution in [2.45, 2.75) is 6.92 Å². The molecule has 0 aliphatic heterocycles. The van der Waals surface area contributed by atoms with E-state index in [4.69, 9.17) is 0 Å². The maximum absolute atomic E-state index is 11.6. The number of hydrogen-bond acceptors (Lipinski definition) is 4. The van der Waals surface area contributed by atoms with Crippen LogP contribution in [0.25, 0.3) is 0 Å². The van der Waals surface area contributed by atoms with Crippen molar-refractivity contribution < 1.29 is 4.79 Å². The average molecular weight is 263 g/mol. The zero-order valence-electron chi connectivity index (χ0n) is 10.0. The molecule has 2 rings (SSSR count). The Morgan fingerprint density at radius 2 is 2.17 bits per heavy atom. The molecule has 0 saturated heterocycles. The fourth-order valence-electron chi connectivity index (χ4n) is 1.58. The lowest BCUT2D eigenvalue weighted by Gasteiger charge is -2.05. The van der Waals surface area contributed by atoms with Crippen molar-refractivity contribution in [3.63, 3.8) is 0 Å². The number of rotatable bonds is 3. The molecule has 94 valence electrons. The first-order valence-corrected chi connectivity index (χ1v) is 6.20. The van der Waals surface area contributed by atoms with Gasteiger partial charge in [-0.2, -0.15) is 0 Å². The molecular weight excluding hydrogens is 250 g/mol. The summed E-state index contributed by atoms with van der Waals surface area (Å²) in [5, 5.41) is 6.05. The van der Waals surface area contributed by atoms with Gasteiger partial charge in [-0.1, -0.05) is 12.1 Å². The summed E-state index contributed by atoms with van der Waals surface area (Å²) in [5.74, 6) is -0.396. The number of aromatic nitrogens is 1. The van der Waals surface area contributed by atoms with E-state index < -0.39 is 5.91 Å². The minimum Gasteiger partial charge on any atom is -0.355 e. The molecule has 1 aromatic carbocycles. The summed E-state index contributed by atoms with van der Waals surface area (Å²) in [4.78, 5) is 23.2. The van der Waals surface area contributed by atoms with Crippen molar-refractivity contribution in [3.8, 4) is 0 Å². The summed E-state index contributed by atoms with van der Waals surface area (Å²) in [7, 11) is 1.50. The van der Waals surface area contributed by atoms with Crippen molar-refractivity contribution in [3.05, 3.63) is 45.7 Å². The number of hydrogen-bond donors (Lipinski definition) is 3. The van der Waals surface area contributed by atoms with E-state index in [2.05, 4.69) is 15.0 Å². The Morgan fingerprint density at radius 3 is 2.83 bits per heavy atom. The van der Waals surface area contributed by atoms with Crippen LogP contribution in [0.1, 0.15) is 15.9 Å². The Morgan fingerprint density at radius 1 is 1.39 bits per heavy atom. The van der Waals surface area contributed by atoms with Crippen LogP contribution < -0.4 is 16.2 Å². The molecule has 0 spiro atoms. The second kappa shape index (κ2) is 5.05. The molecule has 0 atom stereocenters. The van der Waals surface area contributed by atoms with E-state index in [9.17, 15) is 9.59 Å². The van der Waals surface area contributed by atoms with Crippen molar-refractivity contribution in [2.24, 2.45) is 0 Å². The number of aromatic amines is 1. The summed E-state index contributed by atoms with van der Waals surface area (Å²) in [6, 6.07) is 7.71. The molecule has 2 aromatic rings. The van der Waals surface area contributed by atoms with Crippen LogP contribution in [0.4, 0.5) is 10.7 Å². The first kappa shape index (κ1) is 12.4. The second-order valence-corrected chi connectivity index (χ2v) is 4.63. The number of anilines is 2. The summed E-state index contributed by atoms with van der Waals surface area (Å²) in [5.41, 5.74) is 1.68. The molecule has 0 bridgehead atoms. The quantitative estimate of drug-likeness (QED) is 0.791. The van der Waals surface area contributed by atoms with Gasteiger partial charge in [0.25, 0.3) is 11.5 Å². The molecule has 1 amide bonds. The monoisotopic (exact) mass is 263 g/mol. The first-order valence-electron chi connectivity index (χ1n) is 5.39. The van der Waals surface area contributed by atoms with Gasteiger partial charge in [-0.3, -0.25) is 14.0 Å². The van der Waals surface area contributed by atoms with Crippen molar-refractivity contribution >= 4 is 28.1 Å². The van der Waals surface area contributed by atoms with Gasteiger partial charge in [0.15, 0.2) is 0 Å². The molecule has 18 heavy (non-hydrogen) atoms. The van der Waals surface area contributed by atoms with E-state index in [-0.39, 0.29) is 11.1 Å². The van der Waals surface area contributed by atoms with Gasteiger partial charge < -0.3 is 10.6 Å². The highest BCUT2D eigenvalue weighted by atomic mass is 32.1. The van der Waals surface area contributed by atoms with Crippen LogP contribution in [0.15, 0.2) is 29.1 Å². The molecule has 0 unspecified atom stereocenters. The largest absolute Gasteiger partial charge is 0.355 e. The van der Waals surface area contributed by atoms with Crippen molar-refractivity contribution in [2.75, 3.05) is 12.4 Å². The minimum absolute atomic E-state index is 0.115. The zero-order chi connectivity index (χ0) is 13.1. The number of benzene rings is 1. The average Bonchev–Trinajstić information content (AvgIpc) is 2.70. The fraction of sp³-hybridized carbons (Fsp3) is 0.167. The molecule has 0 saturated carbocycles. The van der Waals surface area contributed by atoms with Crippen LogP contribution >= 0.6 is 11.5 Å². The molecular formula is C12H13N3O2S. The Hall–Kier alpha value is -2.08. The van der Waals surface area contributed by atoms with Crippen LogP contribution in [0.3, 0.4) is 0 Å². The van der Waals surface area contributed by atoms with Crippen molar-refractivity contribution in [1.29, 1.82) is 0 Å². The van der Waals surface area contributed by atoms with Crippen molar-refractivity contribution in [1.82, 2.24) is 9.69 Å². The Labute approximate surface area is 108 Å². The van der Waals surface area contributed by atoms with E-state index in [0.29, 0.717) is 5.00 Å². The van der Waals surface area contributed by atoms with E-state index in [1.165, 1.54) is 7.05 Å². The van der Waals surface area contributed by atoms with Crippen LogP contribution in [0, 0.1) is 6.92 Å². The summed E-state index contributed by atoms with van der Waals surface area (Å²) >= 11 is 1.11. The molecule has 6 heteroatoms. The second-order valence-electron chi connectivity index (χ2n) is 3.81. The van der Waals surface area contributed by atoms with E-state index >= 15 is 0 Å². The van der Waals surface area contributed by atoms with Gasteiger partial charge in [-0.05, 0) is 36.2 Å². The van der Waals surface area contributed by atoms with Gasteiger partial charge in [0.1, 0.15) is 10.6 Å². The van der Waals surface area contributed by atoms with Crippen LogP contribution in [-0.2, 0) is 0 Å². The molecule has 0 aliphatic rings. The lowest BCUT2D eigenvalue weighted by molar-refractivity contribution is 0.0963. The number of carbonyl (C=O) groups excluding carboxylic acids is 1. The SMILES string of the molecule is CNC(=O)c1c(Nc2cccc(C)c2)s[nH]c1=O. The lowest BCUT2D eigenvalue weighted by Crippen LogP contribution is -2.24. The molecule has 0 aliphatic carbocycles. The number of carbonyl (C=O) groups is 1. The first-order chi connectivity index (χ1) is 8.61. The summed E-state index contributed by atoms with van der Waals surface area (Å²) < 4.78 is 2.55. The maximum atomic E-state index is 11.6. The van der Waals surface area contributed by atoms with Crippen LogP contribution in [0.2, 0.25) is 0 Å². The van der Waals surface area contributed by atoms with Gasteiger partial charge in [0.05, 0.1) is 0 Å². The number of aryl methyl sites for hydroxylation is 1. The molecule has 0 radical (unpaired) electrons. The van der Waals surface area contributed by atoms with E-state index in [1.54, 1.807) is 0 Å². The third kappa shape index (κ3) is 2.43. The Bertz CT molecular complexity index is 630. The van der Waals surface area contributed by atoms with Gasteiger partial charge in [-0.25, -0.2) is 0 Å². The molecule has 5 nitrogen and oxygen atoms in total. The fourth-order valence-corrected chi connectivity index (χ4v) is 2.33. The molecule has 3 N–H and O–H groups in total. The highest BCUT2D eigenvalue weighted by Gasteiger charge is 2.17. The Balaban J connectivity index is 2.35. The smallest absolute Gasteiger partial charge is 0.273 e. The highest BCUT2D eigenvalue weighted by molar-refractivity contribution is 7.10. The Kier molecular flexibility index (Phi) is 3.47. The van der Waals surface area contributed by atoms with Gasteiger partial charge in [-0.15, -0.1) is 0 Å². The highest BCUT2D eigenvalue weighted by Crippen LogP contribution is 2.22. The van der Waals surface area contributed by atoms with Crippen LogP contribution in [0.5, 0.6) is 0 Å². The molecule has 0 fully saturated rings. The minimum atomic E-state index is -0.396. The number of H-pyrrole nitrogens is 1. The van der Waals surface area contributed by atoms with Gasteiger partial charge in [0, 0.05) is 12.7 Å². The maximum Gasteiger partial charge on any atom is 0.273 e. The number of amides is 1. The predicted molar refractivity (Wildman–Crippen MR) is 72.8 cm³/mol. The third-order valence-corrected chi connectivity index (χ3v) is 3.23. The summed E-state index contributed by atoms with van der Waals surface area (Å²) in [6.45, 7) is 1.98. The van der Waals surface area contributed by atoms with E-state index in [0.717, 1.165) is 22.8 Å². The van der Waals surface area contributed by atoms with E-state index in [1.807, 2.05) is 31.2 Å². The summed E-state index contributed by atoms with van der Waals surface area (Å²) in [6.07, 6.45) is 0. The van der Waals surface area contributed by atoms with Gasteiger partial charge >= 0.3 is 0 Å². The zero-order valence-corrected chi connectivity index (χ0v) is 10.9. The molecule has 1 heterocycles. The predicted octanol–water partition coefficient (Wildman–Crippen LogP) is 1.85. The standard InChI is InChI=1S/C12H13N3O2S/c1-7-4-3-5-8(6-7)14-12-9(10(16)13-2)11(17)15-18-12/h3-6,14H,1-2H3,(H,13,16)(H,15,17). The molecule has 1 aromatic heterocycles.